The van der Waals surface area contributed by atoms with E-state index in [-0.39, 0.29) is 5.91 Å². The zero-order valence-corrected chi connectivity index (χ0v) is 13.8. The van der Waals surface area contributed by atoms with Gasteiger partial charge in [-0.25, -0.2) is 0 Å². The fourth-order valence-corrected chi connectivity index (χ4v) is 3.57. The van der Waals surface area contributed by atoms with E-state index in [1.54, 1.807) is 0 Å². The number of aromatic amines is 1. The summed E-state index contributed by atoms with van der Waals surface area (Å²) in [5.41, 5.74) is 2.45. The third kappa shape index (κ3) is 2.58. The highest BCUT2D eigenvalue weighted by Crippen LogP contribution is 2.28. The summed E-state index contributed by atoms with van der Waals surface area (Å²) < 4.78 is 0. The Balaban J connectivity index is 1.68. The summed E-state index contributed by atoms with van der Waals surface area (Å²) in [4.78, 5) is 14.7. The van der Waals surface area contributed by atoms with Crippen LogP contribution in [0.25, 0.3) is 22.0 Å². The molecule has 2 aromatic carbocycles. The van der Waals surface area contributed by atoms with Gasteiger partial charge in [0, 0.05) is 18.2 Å². The van der Waals surface area contributed by atoms with Crippen LogP contribution in [0.1, 0.15) is 36.7 Å². The molecule has 1 aliphatic heterocycles. The number of hydrogen-bond donors (Lipinski definition) is 1. The fraction of sp³-hybridized carbons (Fsp3) is 0.300. The Labute approximate surface area is 141 Å². The molecular weight excluding hydrogens is 298 g/mol. The van der Waals surface area contributed by atoms with Crippen LogP contribution in [0, 0.1) is 0 Å². The third-order valence-corrected chi connectivity index (χ3v) is 4.94. The maximum atomic E-state index is 12.8. The van der Waals surface area contributed by atoms with Gasteiger partial charge < -0.3 is 4.90 Å². The van der Waals surface area contributed by atoms with E-state index in [4.69, 9.17) is 0 Å². The first-order chi connectivity index (χ1) is 11.7. The highest BCUT2D eigenvalue weighted by atomic mass is 16.2. The van der Waals surface area contributed by atoms with E-state index in [2.05, 4.69) is 41.4 Å². The molecule has 0 unspecified atom stereocenters. The number of aromatic nitrogens is 2. The number of likely N-dealkylation sites (tertiary alicyclic amines) is 1. The van der Waals surface area contributed by atoms with Crippen molar-refractivity contribution >= 4 is 16.7 Å². The normalized spacial score (nSPS) is 18.0. The van der Waals surface area contributed by atoms with E-state index >= 15 is 0 Å². The van der Waals surface area contributed by atoms with E-state index in [0.29, 0.717) is 11.7 Å². The maximum absolute atomic E-state index is 12.8. The molecule has 0 spiro atoms. The summed E-state index contributed by atoms with van der Waals surface area (Å²) in [6, 6.07) is 16.6. The van der Waals surface area contributed by atoms with Crippen LogP contribution in [-0.4, -0.2) is 33.6 Å². The second-order valence-corrected chi connectivity index (χ2v) is 6.54. The number of benzene rings is 2. The molecule has 4 heteroatoms. The predicted octanol–water partition coefficient (Wildman–Crippen LogP) is 4.24. The lowest BCUT2D eigenvalue weighted by molar-refractivity contribution is 0.0629. The first kappa shape index (κ1) is 14.9. The molecule has 4 nitrogen and oxygen atoms in total. The van der Waals surface area contributed by atoms with Crippen LogP contribution in [-0.2, 0) is 0 Å². The van der Waals surface area contributed by atoms with Gasteiger partial charge in [0.15, 0.2) is 0 Å². The summed E-state index contributed by atoms with van der Waals surface area (Å²) >= 11 is 0. The molecule has 2 heterocycles. The highest BCUT2D eigenvalue weighted by Gasteiger charge is 2.25. The number of hydrogen-bond acceptors (Lipinski definition) is 2. The van der Waals surface area contributed by atoms with Crippen molar-refractivity contribution in [3.63, 3.8) is 0 Å². The quantitative estimate of drug-likeness (QED) is 0.768. The largest absolute Gasteiger partial charge is 0.335 e. The molecule has 122 valence electrons. The van der Waals surface area contributed by atoms with Crippen LogP contribution >= 0.6 is 0 Å². The number of fused-ring (bicyclic) bond motifs is 1. The van der Waals surface area contributed by atoms with Crippen LogP contribution in [0.15, 0.2) is 48.5 Å². The first-order valence-electron chi connectivity index (χ1n) is 8.58. The Kier molecular flexibility index (Phi) is 3.81. The number of piperidine rings is 1. The van der Waals surface area contributed by atoms with Crippen LogP contribution < -0.4 is 0 Å². The number of carbonyl (C=O) groups excluding carboxylic acids is 1. The van der Waals surface area contributed by atoms with Crippen molar-refractivity contribution < 1.29 is 4.79 Å². The second kappa shape index (κ2) is 6.11. The van der Waals surface area contributed by atoms with E-state index < -0.39 is 0 Å². The van der Waals surface area contributed by atoms with Crippen LogP contribution in [0.3, 0.4) is 0 Å². The molecule has 1 amide bonds. The van der Waals surface area contributed by atoms with Gasteiger partial charge in [-0.1, -0.05) is 42.5 Å². The van der Waals surface area contributed by atoms with Gasteiger partial charge in [-0.05, 0) is 43.0 Å². The minimum atomic E-state index is 0.0567. The van der Waals surface area contributed by atoms with E-state index in [1.807, 2.05) is 29.2 Å². The van der Waals surface area contributed by atoms with Crippen LogP contribution in [0.4, 0.5) is 0 Å². The molecular formula is C20H21N3O. The lowest BCUT2D eigenvalue weighted by atomic mass is 10.0. The molecule has 4 rings (SSSR count). The van der Waals surface area contributed by atoms with Crippen molar-refractivity contribution in [1.82, 2.24) is 15.1 Å². The van der Waals surface area contributed by atoms with Gasteiger partial charge in [0.2, 0.25) is 0 Å². The summed E-state index contributed by atoms with van der Waals surface area (Å²) in [6.07, 6.45) is 3.37. The van der Waals surface area contributed by atoms with Crippen LogP contribution in [0.5, 0.6) is 0 Å². The van der Waals surface area contributed by atoms with Gasteiger partial charge in [-0.15, -0.1) is 0 Å². The van der Waals surface area contributed by atoms with Crippen molar-refractivity contribution in [3.8, 4) is 11.3 Å². The molecule has 0 aliphatic carbocycles. The van der Waals surface area contributed by atoms with Gasteiger partial charge in [-0.3, -0.25) is 9.89 Å². The fourth-order valence-electron chi connectivity index (χ4n) is 3.57. The minimum Gasteiger partial charge on any atom is -0.335 e. The molecule has 0 saturated carbocycles. The van der Waals surface area contributed by atoms with E-state index in [9.17, 15) is 4.79 Å². The average Bonchev–Trinajstić information content (AvgIpc) is 3.11. The Morgan fingerprint density at radius 3 is 2.88 bits per heavy atom. The van der Waals surface area contributed by atoms with Crippen molar-refractivity contribution in [2.75, 3.05) is 6.54 Å². The average molecular weight is 319 g/mol. The summed E-state index contributed by atoms with van der Waals surface area (Å²) in [5.74, 6) is 0.0567. The van der Waals surface area contributed by atoms with Crippen molar-refractivity contribution in [2.45, 2.75) is 32.2 Å². The molecule has 0 radical (unpaired) electrons. The highest BCUT2D eigenvalue weighted by molar-refractivity contribution is 5.98. The molecule has 0 bridgehead atoms. The summed E-state index contributed by atoms with van der Waals surface area (Å²) in [5, 5.41) is 9.68. The maximum Gasteiger partial charge on any atom is 0.272 e. The Hall–Kier alpha value is -2.62. The van der Waals surface area contributed by atoms with Gasteiger partial charge in [0.1, 0.15) is 5.69 Å². The zero-order valence-electron chi connectivity index (χ0n) is 13.8. The lowest BCUT2D eigenvalue weighted by Gasteiger charge is -2.32. The van der Waals surface area contributed by atoms with Crippen molar-refractivity contribution in [3.05, 3.63) is 54.2 Å². The monoisotopic (exact) mass is 319 g/mol. The molecule has 1 aliphatic rings. The molecule has 1 N–H and O–H groups in total. The number of H-pyrrole nitrogens is 1. The molecule has 1 atom stereocenters. The molecule has 24 heavy (non-hydrogen) atoms. The summed E-state index contributed by atoms with van der Waals surface area (Å²) in [7, 11) is 0. The number of nitrogens with zero attached hydrogens (tertiary/aromatic N) is 2. The topological polar surface area (TPSA) is 49.0 Å². The number of amides is 1. The SMILES string of the molecule is C[C@H]1CCCCN1C(=O)c1cc(-c2cccc3ccccc23)n[nH]1. The Morgan fingerprint density at radius 1 is 1.17 bits per heavy atom. The number of nitrogens with one attached hydrogen (secondary N) is 1. The smallest absolute Gasteiger partial charge is 0.272 e. The Morgan fingerprint density at radius 2 is 2.00 bits per heavy atom. The molecule has 1 saturated heterocycles. The van der Waals surface area contributed by atoms with Gasteiger partial charge in [0.05, 0.1) is 5.69 Å². The van der Waals surface area contributed by atoms with Gasteiger partial charge in [-0.2, -0.15) is 5.10 Å². The van der Waals surface area contributed by atoms with Gasteiger partial charge >= 0.3 is 0 Å². The van der Waals surface area contributed by atoms with E-state index in [0.717, 1.165) is 36.0 Å². The number of rotatable bonds is 2. The van der Waals surface area contributed by atoms with Crippen molar-refractivity contribution in [2.24, 2.45) is 0 Å². The predicted molar refractivity (Wildman–Crippen MR) is 95.9 cm³/mol. The molecule has 3 aromatic rings. The Bertz CT molecular complexity index is 878. The lowest BCUT2D eigenvalue weighted by Crippen LogP contribution is -2.42. The summed E-state index contributed by atoms with van der Waals surface area (Å²) in [6.45, 7) is 2.96. The second-order valence-electron chi connectivity index (χ2n) is 6.54. The minimum absolute atomic E-state index is 0.0567. The molecule has 1 aromatic heterocycles. The molecule has 1 fully saturated rings. The first-order valence-corrected chi connectivity index (χ1v) is 8.58. The van der Waals surface area contributed by atoms with Gasteiger partial charge in [0.25, 0.3) is 5.91 Å². The number of carbonyl (C=O) groups is 1. The standard InChI is InChI=1S/C20H21N3O/c1-14-7-4-5-12-23(14)20(24)19-13-18(21-22-19)17-11-6-9-15-8-2-3-10-16(15)17/h2-3,6,8-11,13-14H,4-5,7,12H2,1H3,(H,21,22)/t14-/m0/s1. The zero-order chi connectivity index (χ0) is 16.5. The van der Waals surface area contributed by atoms with Crippen molar-refractivity contribution in [1.29, 1.82) is 0 Å². The third-order valence-electron chi connectivity index (χ3n) is 4.94. The van der Waals surface area contributed by atoms with Crippen LogP contribution in [0.2, 0.25) is 0 Å². The van der Waals surface area contributed by atoms with E-state index in [1.165, 1.54) is 11.8 Å².